The molecule has 164 valence electrons. The zero-order valence-electron chi connectivity index (χ0n) is 18.3. The largest absolute Gasteiger partial charge is 0.435 e. The Morgan fingerprint density at radius 2 is 1.97 bits per heavy atom. The van der Waals surface area contributed by atoms with Crippen molar-refractivity contribution in [3.05, 3.63) is 77.5 Å². The van der Waals surface area contributed by atoms with Crippen LogP contribution in [0, 0.1) is 6.57 Å². The molecule has 0 unspecified atom stereocenters. The first-order valence-corrected chi connectivity index (χ1v) is 10.9. The number of rotatable bonds is 5. The van der Waals surface area contributed by atoms with Gasteiger partial charge in [-0.25, -0.2) is 14.8 Å². The van der Waals surface area contributed by atoms with Crippen molar-refractivity contribution in [3.8, 4) is 34.1 Å². The molecule has 8 heteroatoms. The number of carbonyl (C=O) groups excluding carboxylic acids is 1. The molecule has 3 aromatic heterocycles. The van der Waals surface area contributed by atoms with Gasteiger partial charge < -0.3 is 8.98 Å². The van der Waals surface area contributed by atoms with Crippen LogP contribution in [0.2, 0.25) is 0 Å². The highest BCUT2D eigenvalue weighted by Crippen LogP contribution is 2.43. The molecule has 1 aliphatic carbocycles. The van der Waals surface area contributed by atoms with Crippen molar-refractivity contribution >= 4 is 23.1 Å². The van der Waals surface area contributed by atoms with Crippen LogP contribution >= 0.6 is 0 Å². The van der Waals surface area contributed by atoms with Gasteiger partial charge in [-0.2, -0.15) is 0 Å². The Balaban J connectivity index is 1.55. The van der Waals surface area contributed by atoms with Crippen LogP contribution in [0.15, 0.2) is 59.3 Å². The van der Waals surface area contributed by atoms with Crippen molar-refractivity contribution in [1.82, 2.24) is 24.7 Å². The summed E-state index contributed by atoms with van der Waals surface area (Å²) in [5.41, 5.74) is 6.58. The van der Waals surface area contributed by atoms with E-state index in [1.807, 2.05) is 29.8 Å². The minimum absolute atomic E-state index is 0.403. The lowest BCUT2D eigenvalue weighted by Crippen LogP contribution is -1.97. The number of benzene rings is 2. The lowest BCUT2D eigenvalue weighted by Gasteiger charge is -2.12. The molecule has 0 bridgehead atoms. The van der Waals surface area contributed by atoms with E-state index in [0.717, 1.165) is 41.5 Å². The van der Waals surface area contributed by atoms with Crippen LogP contribution in [-0.4, -0.2) is 31.0 Å². The Hall–Kier alpha value is -4.64. The molecule has 1 aliphatic rings. The maximum atomic E-state index is 11.2. The Bertz CT molecular complexity index is 1620. The summed E-state index contributed by atoms with van der Waals surface area (Å²) in [4.78, 5) is 24.2. The highest BCUT2D eigenvalue weighted by molar-refractivity contribution is 5.87. The van der Waals surface area contributed by atoms with E-state index in [1.165, 1.54) is 0 Å². The van der Waals surface area contributed by atoms with Crippen molar-refractivity contribution in [1.29, 1.82) is 0 Å². The second-order valence-electron chi connectivity index (χ2n) is 8.41. The Labute approximate surface area is 194 Å². The van der Waals surface area contributed by atoms with Crippen molar-refractivity contribution in [2.24, 2.45) is 7.05 Å². The fraction of sp³-hybridized carbons (Fsp3) is 0.154. The summed E-state index contributed by atoms with van der Waals surface area (Å²) in [6.07, 6.45) is 4.62. The van der Waals surface area contributed by atoms with Crippen LogP contribution in [0.1, 0.15) is 34.8 Å². The van der Waals surface area contributed by atoms with Crippen molar-refractivity contribution in [2.45, 2.75) is 18.8 Å². The maximum absolute atomic E-state index is 11.2. The first-order chi connectivity index (χ1) is 16.6. The fourth-order valence-electron chi connectivity index (χ4n) is 4.10. The molecule has 0 N–H and O–H groups in total. The number of aldehydes is 1. The summed E-state index contributed by atoms with van der Waals surface area (Å²) in [7, 11) is 1.88. The number of carbonyl (C=O) groups is 1. The van der Waals surface area contributed by atoms with Crippen LogP contribution in [0.25, 0.3) is 50.0 Å². The number of nitrogens with zero attached hydrogens (tertiary/aromatic N) is 6. The summed E-state index contributed by atoms with van der Waals surface area (Å²) in [5.74, 6) is 1.49. The SMILES string of the molecule is [C-]#[N+]c1ccc(-c2cc(-c3nc4cc(C=O)ccc4o3)nc(C3CC3)c2)c(-c2nncn2C)c1. The molecule has 1 saturated carbocycles. The van der Waals surface area contributed by atoms with Gasteiger partial charge in [-0.1, -0.05) is 12.1 Å². The second-order valence-corrected chi connectivity index (χ2v) is 8.41. The molecule has 3 heterocycles. The maximum Gasteiger partial charge on any atom is 0.246 e. The van der Waals surface area contributed by atoms with Crippen molar-refractivity contribution < 1.29 is 9.21 Å². The zero-order valence-corrected chi connectivity index (χ0v) is 18.3. The topological polar surface area (TPSA) is 91.1 Å². The number of hydrogen-bond donors (Lipinski definition) is 0. The monoisotopic (exact) mass is 446 g/mol. The van der Waals surface area contributed by atoms with Gasteiger partial charge >= 0.3 is 0 Å². The third-order valence-corrected chi connectivity index (χ3v) is 6.00. The first-order valence-electron chi connectivity index (χ1n) is 10.9. The van der Waals surface area contributed by atoms with E-state index in [2.05, 4.69) is 26.1 Å². The van der Waals surface area contributed by atoms with Gasteiger partial charge in [0, 0.05) is 29.8 Å². The fourth-order valence-corrected chi connectivity index (χ4v) is 4.10. The molecule has 0 amide bonds. The predicted octanol–water partition coefficient (Wildman–Crippen LogP) is 5.59. The van der Waals surface area contributed by atoms with Gasteiger partial charge in [-0.3, -0.25) is 4.79 Å². The van der Waals surface area contributed by atoms with E-state index >= 15 is 0 Å². The quantitative estimate of drug-likeness (QED) is 0.258. The van der Waals surface area contributed by atoms with E-state index in [9.17, 15) is 4.79 Å². The van der Waals surface area contributed by atoms with E-state index in [0.29, 0.717) is 45.7 Å². The lowest BCUT2D eigenvalue weighted by atomic mass is 9.97. The normalized spacial score (nSPS) is 13.2. The zero-order chi connectivity index (χ0) is 23.2. The second kappa shape index (κ2) is 7.74. The predicted molar refractivity (Wildman–Crippen MR) is 126 cm³/mol. The molecule has 0 spiro atoms. The highest BCUT2D eigenvalue weighted by atomic mass is 16.3. The summed E-state index contributed by atoms with van der Waals surface area (Å²) in [5, 5.41) is 8.30. The van der Waals surface area contributed by atoms with Crippen LogP contribution in [0.3, 0.4) is 0 Å². The molecule has 6 rings (SSSR count). The summed E-state index contributed by atoms with van der Waals surface area (Å²) in [6, 6.07) is 14.8. The van der Waals surface area contributed by atoms with Crippen molar-refractivity contribution in [3.63, 3.8) is 0 Å². The van der Waals surface area contributed by atoms with Gasteiger partial charge in [0.05, 0.1) is 6.57 Å². The highest BCUT2D eigenvalue weighted by Gasteiger charge is 2.27. The minimum Gasteiger partial charge on any atom is -0.435 e. The number of hydrogen-bond acceptors (Lipinski definition) is 6. The Morgan fingerprint density at radius 1 is 1.09 bits per heavy atom. The number of pyridine rings is 1. The lowest BCUT2D eigenvalue weighted by molar-refractivity contribution is 0.112. The smallest absolute Gasteiger partial charge is 0.246 e. The van der Waals surface area contributed by atoms with Gasteiger partial charge in [-0.15, -0.1) is 10.2 Å². The average molecular weight is 446 g/mol. The van der Waals surface area contributed by atoms with Gasteiger partial charge in [0.2, 0.25) is 5.89 Å². The molecule has 1 fully saturated rings. The van der Waals surface area contributed by atoms with E-state index < -0.39 is 0 Å². The number of oxazole rings is 1. The molecule has 34 heavy (non-hydrogen) atoms. The van der Waals surface area contributed by atoms with E-state index in [4.69, 9.17) is 16.0 Å². The van der Waals surface area contributed by atoms with E-state index in [1.54, 1.807) is 30.6 Å². The number of aromatic nitrogens is 5. The van der Waals surface area contributed by atoms with Crippen LogP contribution in [0.4, 0.5) is 5.69 Å². The summed E-state index contributed by atoms with van der Waals surface area (Å²) < 4.78 is 7.84. The van der Waals surface area contributed by atoms with Crippen LogP contribution < -0.4 is 0 Å². The minimum atomic E-state index is 0.403. The third kappa shape index (κ3) is 3.44. The van der Waals surface area contributed by atoms with Gasteiger partial charge in [-0.05, 0) is 60.4 Å². The molecular formula is C26H18N6O2. The summed E-state index contributed by atoms with van der Waals surface area (Å²) in [6.45, 7) is 7.45. The standard InChI is InChI=1S/C26H18N6O2/c1-27-18-6-7-19(20(12-18)25-31-28-14-32(25)2)17-10-21(16-4-5-16)29-23(11-17)26-30-22-9-15(13-33)3-8-24(22)34-26/h3,6-14,16H,4-5H2,2H3. The molecule has 8 nitrogen and oxygen atoms in total. The van der Waals surface area contributed by atoms with Gasteiger partial charge in [0.1, 0.15) is 23.8 Å². The third-order valence-electron chi connectivity index (χ3n) is 6.00. The molecule has 0 atom stereocenters. The van der Waals surface area contributed by atoms with Gasteiger partial charge in [0.15, 0.2) is 17.1 Å². The molecule has 2 aromatic carbocycles. The molecular weight excluding hydrogens is 428 g/mol. The van der Waals surface area contributed by atoms with Gasteiger partial charge in [0.25, 0.3) is 0 Å². The average Bonchev–Trinajstić information content (AvgIpc) is 3.50. The number of fused-ring (bicyclic) bond motifs is 1. The van der Waals surface area contributed by atoms with E-state index in [-0.39, 0.29) is 0 Å². The summed E-state index contributed by atoms with van der Waals surface area (Å²) >= 11 is 0. The first kappa shape index (κ1) is 20.0. The van der Waals surface area contributed by atoms with Crippen molar-refractivity contribution in [2.75, 3.05) is 0 Å². The molecule has 0 radical (unpaired) electrons. The Kier molecular flexibility index (Phi) is 4.56. The number of aryl methyl sites for hydroxylation is 1. The molecule has 5 aromatic rings. The Morgan fingerprint density at radius 3 is 2.71 bits per heavy atom. The molecule has 0 saturated heterocycles. The molecule has 0 aliphatic heterocycles. The van der Waals surface area contributed by atoms with Crippen LogP contribution in [-0.2, 0) is 7.05 Å². The van der Waals surface area contributed by atoms with Crippen LogP contribution in [0.5, 0.6) is 0 Å².